The smallest absolute Gasteiger partial charge is 0.173 e. The SMILES string of the molecule is Cc1ccc(C)c(Nc2nccnc2N)c1. The molecule has 2 aromatic rings. The van der Waals surface area contributed by atoms with Gasteiger partial charge in [-0.3, -0.25) is 0 Å². The zero-order valence-electron chi connectivity index (χ0n) is 9.36. The quantitative estimate of drug-likeness (QED) is 0.805. The van der Waals surface area contributed by atoms with Gasteiger partial charge in [-0.1, -0.05) is 12.1 Å². The molecular weight excluding hydrogens is 200 g/mol. The maximum Gasteiger partial charge on any atom is 0.173 e. The topological polar surface area (TPSA) is 63.8 Å². The van der Waals surface area contributed by atoms with Gasteiger partial charge >= 0.3 is 0 Å². The molecule has 1 aromatic heterocycles. The second kappa shape index (κ2) is 4.18. The molecule has 0 saturated heterocycles. The van der Waals surface area contributed by atoms with E-state index in [2.05, 4.69) is 33.5 Å². The van der Waals surface area contributed by atoms with Crippen molar-refractivity contribution >= 4 is 17.3 Å². The van der Waals surface area contributed by atoms with E-state index in [-0.39, 0.29) is 0 Å². The van der Waals surface area contributed by atoms with E-state index in [0.29, 0.717) is 11.6 Å². The third-order valence-corrected chi connectivity index (χ3v) is 2.37. The van der Waals surface area contributed by atoms with E-state index in [1.807, 2.05) is 13.8 Å². The molecule has 0 aliphatic rings. The summed E-state index contributed by atoms with van der Waals surface area (Å²) in [4.78, 5) is 8.13. The molecule has 3 N–H and O–H groups in total. The third kappa shape index (κ3) is 2.11. The first-order chi connectivity index (χ1) is 7.66. The molecule has 0 spiro atoms. The number of aryl methyl sites for hydroxylation is 2. The van der Waals surface area contributed by atoms with Crippen LogP contribution in [-0.2, 0) is 0 Å². The van der Waals surface area contributed by atoms with E-state index >= 15 is 0 Å². The van der Waals surface area contributed by atoms with Gasteiger partial charge in [-0.2, -0.15) is 0 Å². The Morgan fingerprint density at radius 1 is 1.12 bits per heavy atom. The summed E-state index contributed by atoms with van der Waals surface area (Å²) in [6, 6.07) is 6.19. The normalized spacial score (nSPS) is 10.1. The number of nitrogens with zero attached hydrogens (tertiary/aromatic N) is 2. The fourth-order valence-corrected chi connectivity index (χ4v) is 1.44. The van der Waals surface area contributed by atoms with Gasteiger partial charge in [0.2, 0.25) is 0 Å². The van der Waals surface area contributed by atoms with Gasteiger partial charge in [0.05, 0.1) is 0 Å². The largest absolute Gasteiger partial charge is 0.381 e. The zero-order valence-corrected chi connectivity index (χ0v) is 9.36. The molecule has 0 aliphatic heterocycles. The number of nitrogens with one attached hydrogen (secondary N) is 1. The van der Waals surface area contributed by atoms with Crippen molar-refractivity contribution in [3.8, 4) is 0 Å². The van der Waals surface area contributed by atoms with Crippen molar-refractivity contribution in [1.82, 2.24) is 9.97 Å². The summed E-state index contributed by atoms with van der Waals surface area (Å²) in [6.45, 7) is 4.08. The minimum Gasteiger partial charge on any atom is -0.381 e. The predicted molar refractivity (Wildman–Crippen MR) is 65.6 cm³/mol. The Kier molecular flexibility index (Phi) is 2.72. The second-order valence-electron chi connectivity index (χ2n) is 3.73. The van der Waals surface area contributed by atoms with Crippen LogP contribution in [0.4, 0.5) is 17.3 Å². The van der Waals surface area contributed by atoms with Crippen molar-refractivity contribution in [2.24, 2.45) is 0 Å². The maximum absolute atomic E-state index is 5.72. The van der Waals surface area contributed by atoms with Crippen molar-refractivity contribution in [2.75, 3.05) is 11.1 Å². The van der Waals surface area contributed by atoms with Gasteiger partial charge in [0, 0.05) is 18.1 Å². The molecule has 16 heavy (non-hydrogen) atoms. The van der Waals surface area contributed by atoms with Gasteiger partial charge in [0.15, 0.2) is 11.6 Å². The Labute approximate surface area is 94.5 Å². The van der Waals surface area contributed by atoms with E-state index in [1.165, 1.54) is 5.56 Å². The average Bonchev–Trinajstić information content (AvgIpc) is 2.27. The van der Waals surface area contributed by atoms with Gasteiger partial charge < -0.3 is 11.1 Å². The van der Waals surface area contributed by atoms with Gasteiger partial charge in [-0.05, 0) is 31.0 Å². The standard InChI is InChI=1S/C12H14N4/c1-8-3-4-9(2)10(7-8)16-12-11(13)14-5-6-15-12/h3-7H,1-2H3,(H2,13,14)(H,15,16). The van der Waals surface area contributed by atoms with Crippen molar-refractivity contribution in [3.63, 3.8) is 0 Å². The minimum atomic E-state index is 0.406. The van der Waals surface area contributed by atoms with E-state index in [4.69, 9.17) is 5.73 Å². The number of hydrogen-bond donors (Lipinski definition) is 2. The fraction of sp³-hybridized carbons (Fsp3) is 0.167. The Balaban J connectivity index is 2.34. The van der Waals surface area contributed by atoms with E-state index in [0.717, 1.165) is 11.3 Å². The molecule has 0 unspecified atom stereocenters. The van der Waals surface area contributed by atoms with Gasteiger partial charge in [0.1, 0.15) is 0 Å². The molecule has 4 nitrogen and oxygen atoms in total. The van der Waals surface area contributed by atoms with Crippen LogP contribution in [0.25, 0.3) is 0 Å². The van der Waals surface area contributed by atoms with E-state index in [9.17, 15) is 0 Å². The summed E-state index contributed by atoms with van der Waals surface area (Å²) in [6.07, 6.45) is 3.19. The summed E-state index contributed by atoms with van der Waals surface area (Å²) in [5.41, 5.74) is 9.07. The highest BCUT2D eigenvalue weighted by molar-refractivity contribution is 5.67. The van der Waals surface area contributed by atoms with Crippen LogP contribution in [-0.4, -0.2) is 9.97 Å². The highest BCUT2D eigenvalue weighted by atomic mass is 15.1. The lowest BCUT2D eigenvalue weighted by atomic mass is 10.1. The minimum absolute atomic E-state index is 0.406. The summed E-state index contributed by atoms with van der Waals surface area (Å²) < 4.78 is 0. The van der Waals surface area contributed by atoms with Gasteiger partial charge in [-0.25, -0.2) is 9.97 Å². The van der Waals surface area contributed by atoms with Crippen LogP contribution in [0.2, 0.25) is 0 Å². The Morgan fingerprint density at radius 2 is 1.88 bits per heavy atom. The first-order valence-electron chi connectivity index (χ1n) is 5.07. The zero-order chi connectivity index (χ0) is 11.5. The van der Waals surface area contributed by atoms with Crippen molar-refractivity contribution in [2.45, 2.75) is 13.8 Å². The molecule has 0 amide bonds. The summed E-state index contributed by atoms with van der Waals surface area (Å²) in [5.74, 6) is 1.000. The molecule has 2 rings (SSSR count). The molecule has 0 bridgehead atoms. The monoisotopic (exact) mass is 214 g/mol. The van der Waals surface area contributed by atoms with Crippen LogP contribution in [0.5, 0.6) is 0 Å². The first kappa shape index (κ1) is 10.4. The van der Waals surface area contributed by atoms with Crippen LogP contribution in [0, 0.1) is 13.8 Å². The van der Waals surface area contributed by atoms with Crippen molar-refractivity contribution < 1.29 is 0 Å². The lowest BCUT2D eigenvalue weighted by molar-refractivity contribution is 1.20. The first-order valence-corrected chi connectivity index (χ1v) is 5.07. The second-order valence-corrected chi connectivity index (χ2v) is 3.73. The fourth-order valence-electron chi connectivity index (χ4n) is 1.44. The number of hydrogen-bond acceptors (Lipinski definition) is 4. The van der Waals surface area contributed by atoms with Gasteiger partial charge in [-0.15, -0.1) is 0 Å². The number of nitrogen functional groups attached to an aromatic ring is 1. The highest BCUT2D eigenvalue weighted by Crippen LogP contribution is 2.22. The highest BCUT2D eigenvalue weighted by Gasteiger charge is 2.03. The summed E-state index contributed by atoms with van der Waals surface area (Å²) in [7, 11) is 0. The molecule has 0 atom stereocenters. The maximum atomic E-state index is 5.72. The number of benzene rings is 1. The van der Waals surface area contributed by atoms with E-state index in [1.54, 1.807) is 12.4 Å². The molecule has 82 valence electrons. The molecular formula is C12H14N4. The molecule has 4 heteroatoms. The lowest BCUT2D eigenvalue weighted by Gasteiger charge is -2.10. The number of aromatic nitrogens is 2. The van der Waals surface area contributed by atoms with Crippen molar-refractivity contribution in [1.29, 1.82) is 0 Å². The molecule has 0 saturated carbocycles. The third-order valence-electron chi connectivity index (χ3n) is 2.37. The van der Waals surface area contributed by atoms with Gasteiger partial charge in [0.25, 0.3) is 0 Å². The summed E-state index contributed by atoms with van der Waals surface area (Å²) in [5, 5.41) is 3.18. The predicted octanol–water partition coefficient (Wildman–Crippen LogP) is 2.42. The van der Waals surface area contributed by atoms with Crippen LogP contribution in [0.1, 0.15) is 11.1 Å². The number of anilines is 3. The molecule has 0 radical (unpaired) electrons. The number of nitrogens with two attached hydrogens (primary N) is 1. The van der Waals surface area contributed by atoms with Crippen LogP contribution >= 0.6 is 0 Å². The van der Waals surface area contributed by atoms with Crippen molar-refractivity contribution in [3.05, 3.63) is 41.7 Å². The van der Waals surface area contributed by atoms with Crippen LogP contribution in [0.15, 0.2) is 30.6 Å². The molecule has 0 fully saturated rings. The number of rotatable bonds is 2. The van der Waals surface area contributed by atoms with E-state index < -0.39 is 0 Å². The Bertz CT molecular complexity index is 508. The lowest BCUT2D eigenvalue weighted by Crippen LogP contribution is -2.02. The molecule has 1 aromatic carbocycles. The summed E-state index contributed by atoms with van der Waals surface area (Å²) >= 11 is 0. The Hall–Kier alpha value is -2.10. The van der Waals surface area contributed by atoms with Crippen LogP contribution in [0.3, 0.4) is 0 Å². The van der Waals surface area contributed by atoms with Crippen LogP contribution < -0.4 is 11.1 Å². The molecule has 0 aliphatic carbocycles. The average molecular weight is 214 g/mol. The molecule has 1 heterocycles. The Morgan fingerprint density at radius 3 is 2.62 bits per heavy atom.